The van der Waals surface area contributed by atoms with Crippen LogP contribution >= 0.6 is 22.9 Å². The average molecular weight is 360 g/mol. The minimum absolute atomic E-state index is 0.567. The van der Waals surface area contributed by atoms with Gasteiger partial charge in [-0.15, -0.1) is 0 Å². The molecule has 0 saturated carbocycles. The SMILES string of the molecule is CCCNc1ncc(-c2cc(OC)ncc2-c2ccccc2Cl)s1. The predicted molar refractivity (Wildman–Crippen MR) is 101 cm³/mol. The van der Waals surface area contributed by atoms with E-state index < -0.39 is 0 Å². The summed E-state index contributed by atoms with van der Waals surface area (Å²) in [4.78, 5) is 9.85. The number of ether oxygens (including phenoxy) is 1. The van der Waals surface area contributed by atoms with Gasteiger partial charge in [-0.25, -0.2) is 9.97 Å². The maximum atomic E-state index is 6.38. The Balaban J connectivity index is 2.08. The molecule has 0 radical (unpaired) electrons. The monoisotopic (exact) mass is 359 g/mol. The van der Waals surface area contributed by atoms with E-state index in [-0.39, 0.29) is 0 Å². The number of pyridine rings is 1. The molecule has 1 aromatic carbocycles. The largest absolute Gasteiger partial charge is 0.481 e. The zero-order chi connectivity index (χ0) is 16.9. The number of nitrogens with zero attached hydrogens (tertiary/aromatic N) is 2. The van der Waals surface area contributed by atoms with Crippen LogP contribution < -0.4 is 10.1 Å². The van der Waals surface area contributed by atoms with Crippen LogP contribution in [-0.4, -0.2) is 23.6 Å². The number of anilines is 1. The Bertz CT molecular complexity index is 835. The van der Waals surface area contributed by atoms with Crippen molar-refractivity contribution in [3.05, 3.63) is 47.7 Å². The van der Waals surface area contributed by atoms with E-state index in [0.29, 0.717) is 10.9 Å². The molecule has 2 aromatic heterocycles. The van der Waals surface area contributed by atoms with Gasteiger partial charge in [0.15, 0.2) is 5.13 Å². The molecule has 0 aliphatic carbocycles. The molecule has 0 aliphatic heterocycles. The van der Waals surface area contributed by atoms with Crippen molar-refractivity contribution in [3.63, 3.8) is 0 Å². The fourth-order valence-corrected chi connectivity index (χ4v) is 3.47. The first kappa shape index (κ1) is 16.7. The van der Waals surface area contributed by atoms with Gasteiger partial charge in [0.2, 0.25) is 5.88 Å². The van der Waals surface area contributed by atoms with Crippen LogP contribution in [0.5, 0.6) is 5.88 Å². The average Bonchev–Trinajstić information content (AvgIpc) is 3.09. The second-order valence-electron chi connectivity index (χ2n) is 5.21. The summed E-state index contributed by atoms with van der Waals surface area (Å²) in [5, 5.41) is 4.92. The Morgan fingerprint density at radius 3 is 2.71 bits per heavy atom. The number of thiazole rings is 1. The number of rotatable bonds is 6. The van der Waals surface area contributed by atoms with Gasteiger partial charge in [-0.05, 0) is 12.5 Å². The number of aromatic nitrogens is 2. The van der Waals surface area contributed by atoms with E-state index in [2.05, 4.69) is 22.2 Å². The normalized spacial score (nSPS) is 10.6. The number of halogens is 1. The highest BCUT2D eigenvalue weighted by Crippen LogP contribution is 2.39. The van der Waals surface area contributed by atoms with Crippen molar-refractivity contribution in [3.8, 4) is 27.4 Å². The van der Waals surface area contributed by atoms with Gasteiger partial charge in [-0.3, -0.25) is 0 Å². The number of benzene rings is 1. The van der Waals surface area contributed by atoms with Crippen molar-refractivity contribution in [2.45, 2.75) is 13.3 Å². The van der Waals surface area contributed by atoms with Crippen molar-refractivity contribution in [2.75, 3.05) is 19.0 Å². The number of hydrogen-bond acceptors (Lipinski definition) is 5. The predicted octanol–water partition coefficient (Wildman–Crippen LogP) is 5.36. The molecule has 0 atom stereocenters. The molecule has 0 unspecified atom stereocenters. The van der Waals surface area contributed by atoms with E-state index in [1.165, 1.54) is 0 Å². The molecule has 3 aromatic rings. The van der Waals surface area contributed by atoms with Crippen LogP contribution in [0.25, 0.3) is 21.6 Å². The highest BCUT2D eigenvalue weighted by molar-refractivity contribution is 7.18. The first-order chi connectivity index (χ1) is 11.7. The van der Waals surface area contributed by atoms with Crippen LogP contribution in [0.15, 0.2) is 42.7 Å². The van der Waals surface area contributed by atoms with E-state index in [9.17, 15) is 0 Å². The summed E-state index contributed by atoms with van der Waals surface area (Å²) in [6, 6.07) is 9.69. The van der Waals surface area contributed by atoms with Gasteiger partial charge in [0, 0.05) is 46.7 Å². The highest BCUT2D eigenvalue weighted by atomic mass is 35.5. The Labute approximate surface area is 150 Å². The summed E-state index contributed by atoms with van der Waals surface area (Å²) < 4.78 is 5.29. The van der Waals surface area contributed by atoms with Crippen LogP contribution in [0.1, 0.15) is 13.3 Å². The minimum Gasteiger partial charge on any atom is -0.481 e. The molecular formula is C18H18ClN3OS. The molecule has 3 rings (SSSR count). The maximum absolute atomic E-state index is 6.38. The minimum atomic E-state index is 0.567. The van der Waals surface area contributed by atoms with E-state index in [1.807, 2.05) is 36.5 Å². The van der Waals surface area contributed by atoms with Crippen molar-refractivity contribution in [1.82, 2.24) is 9.97 Å². The molecule has 0 bridgehead atoms. The number of nitrogens with one attached hydrogen (secondary N) is 1. The summed E-state index contributed by atoms with van der Waals surface area (Å²) in [6.07, 6.45) is 4.73. The van der Waals surface area contributed by atoms with Gasteiger partial charge in [0.05, 0.1) is 12.0 Å². The first-order valence-electron chi connectivity index (χ1n) is 7.72. The van der Waals surface area contributed by atoms with E-state index in [4.69, 9.17) is 16.3 Å². The molecule has 2 heterocycles. The summed E-state index contributed by atoms with van der Waals surface area (Å²) in [7, 11) is 1.61. The van der Waals surface area contributed by atoms with Gasteiger partial charge in [0.25, 0.3) is 0 Å². The molecule has 0 amide bonds. The van der Waals surface area contributed by atoms with E-state index >= 15 is 0 Å². The standard InChI is InChI=1S/C18H18ClN3OS/c1-3-8-20-18-22-11-16(24-18)13-9-17(23-2)21-10-14(13)12-6-4-5-7-15(12)19/h4-7,9-11H,3,8H2,1-2H3,(H,20,22). The second kappa shape index (κ2) is 7.64. The third-order valence-electron chi connectivity index (χ3n) is 3.55. The molecule has 6 heteroatoms. The van der Waals surface area contributed by atoms with Crippen LogP contribution in [-0.2, 0) is 0 Å². The fourth-order valence-electron chi connectivity index (χ4n) is 2.36. The number of methoxy groups -OCH3 is 1. The summed E-state index contributed by atoms with van der Waals surface area (Å²) in [6.45, 7) is 3.04. The molecule has 0 aliphatic rings. The first-order valence-corrected chi connectivity index (χ1v) is 8.91. The van der Waals surface area contributed by atoms with Crippen LogP contribution in [0, 0.1) is 0 Å². The molecule has 0 saturated heterocycles. The zero-order valence-corrected chi connectivity index (χ0v) is 15.1. The summed E-state index contributed by atoms with van der Waals surface area (Å²) >= 11 is 7.99. The van der Waals surface area contributed by atoms with Gasteiger partial charge in [-0.2, -0.15) is 0 Å². The van der Waals surface area contributed by atoms with Crippen molar-refractivity contribution in [2.24, 2.45) is 0 Å². The zero-order valence-electron chi connectivity index (χ0n) is 13.5. The van der Waals surface area contributed by atoms with Crippen LogP contribution in [0.3, 0.4) is 0 Å². The third-order valence-corrected chi connectivity index (χ3v) is 4.87. The van der Waals surface area contributed by atoms with E-state index in [0.717, 1.165) is 39.7 Å². The van der Waals surface area contributed by atoms with Crippen LogP contribution in [0.2, 0.25) is 5.02 Å². The lowest BCUT2D eigenvalue weighted by Gasteiger charge is -2.11. The van der Waals surface area contributed by atoms with Gasteiger partial charge >= 0.3 is 0 Å². The maximum Gasteiger partial charge on any atom is 0.213 e. The number of hydrogen-bond donors (Lipinski definition) is 1. The molecular weight excluding hydrogens is 342 g/mol. The Morgan fingerprint density at radius 2 is 1.96 bits per heavy atom. The van der Waals surface area contributed by atoms with Gasteiger partial charge in [-0.1, -0.05) is 48.1 Å². The topological polar surface area (TPSA) is 47.0 Å². The van der Waals surface area contributed by atoms with Crippen molar-refractivity contribution >= 4 is 28.1 Å². The molecule has 4 nitrogen and oxygen atoms in total. The molecule has 0 spiro atoms. The third kappa shape index (κ3) is 3.52. The lowest BCUT2D eigenvalue weighted by Crippen LogP contribution is -1.97. The summed E-state index contributed by atoms with van der Waals surface area (Å²) in [5.41, 5.74) is 2.92. The Hall–Kier alpha value is -2.11. The summed E-state index contributed by atoms with van der Waals surface area (Å²) in [5.74, 6) is 0.567. The smallest absolute Gasteiger partial charge is 0.213 e. The van der Waals surface area contributed by atoms with Crippen molar-refractivity contribution in [1.29, 1.82) is 0 Å². The molecule has 1 N–H and O–H groups in total. The van der Waals surface area contributed by atoms with Gasteiger partial charge in [0.1, 0.15) is 0 Å². The van der Waals surface area contributed by atoms with E-state index in [1.54, 1.807) is 24.6 Å². The fraction of sp³-hybridized carbons (Fsp3) is 0.222. The lowest BCUT2D eigenvalue weighted by molar-refractivity contribution is 0.398. The highest BCUT2D eigenvalue weighted by Gasteiger charge is 2.15. The van der Waals surface area contributed by atoms with Gasteiger partial charge < -0.3 is 10.1 Å². The second-order valence-corrected chi connectivity index (χ2v) is 6.65. The van der Waals surface area contributed by atoms with Crippen molar-refractivity contribution < 1.29 is 4.74 Å². The quantitative estimate of drug-likeness (QED) is 0.643. The molecule has 24 heavy (non-hydrogen) atoms. The Kier molecular flexibility index (Phi) is 5.33. The molecule has 124 valence electrons. The Morgan fingerprint density at radius 1 is 1.12 bits per heavy atom. The van der Waals surface area contributed by atoms with Crippen LogP contribution in [0.4, 0.5) is 5.13 Å². The molecule has 0 fully saturated rings. The lowest BCUT2D eigenvalue weighted by atomic mass is 10.0.